The molecular weight excluding hydrogens is 176 g/mol. The van der Waals surface area contributed by atoms with Crippen LogP contribution in [0.5, 0.6) is 0 Å². The lowest BCUT2D eigenvalue weighted by Crippen LogP contribution is -2.39. The van der Waals surface area contributed by atoms with Crippen molar-refractivity contribution in [1.29, 1.82) is 5.26 Å². The average molecular weight is 192 g/mol. The number of hydrogen-bond donors (Lipinski definition) is 1. The monoisotopic (exact) mass is 192 g/mol. The largest absolute Gasteiger partial charge is 0.303 e. The molecule has 1 aromatic heterocycles. The van der Waals surface area contributed by atoms with Crippen LogP contribution < -0.4 is 5.32 Å². The number of rotatable bonds is 4. The minimum Gasteiger partial charge on any atom is -0.303 e. The van der Waals surface area contributed by atoms with E-state index in [0.29, 0.717) is 0 Å². The molecule has 76 valence electrons. The van der Waals surface area contributed by atoms with Gasteiger partial charge in [0.2, 0.25) is 0 Å². The molecule has 0 aromatic carbocycles. The quantitative estimate of drug-likeness (QED) is 0.776. The number of aryl methyl sites for hydroxylation is 2. The number of nitriles is 1. The Morgan fingerprint density at radius 1 is 1.71 bits per heavy atom. The number of hydrogen-bond acceptors (Lipinski definition) is 3. The SMILES string of the molecule is CNC(C)(C#N)CCn1nccc1C. The molecule has 4 nitrogen and oxygen atoms in total. The van der Waals surface area contributed by atoms with Gasteiger partial charge < -0.3 is 5.32 Å². The van der Waals surface area contributed by atoms with Crippen LogP contribution in [0.3, 0.4) is 0 Å². The highest BCUT2D eigenvalue weighted by Crippen LogP contribution is 2.09. The summed E-state index contributed by atoms with van der Waals surface area (Å²) >= 11 is 0. The minimum atomic E-state index is -0.460. The van der Waals surface area contributed by atoms with E-state index in [2.05, 4.69) is 16.5 Å². The van der Waals surface area contributed by atoms with Crippen molar-refractivity contribution in [3.63, 3.8) is 0 Å². The maximum atomic E-state index is 8.94. The molecule has 1 heterocycles. The Kier molecular flexibility index (Phi) is 3.26. The smallest absolute Gasteiger partial charge is 0.105 e. The van der Waals surface area contributed by atoms with E-state index >= 15 is 0 Å². The summed E-state index contributed by atoms with van der Waals surface area (Å²) < 4.78 is 1.91. The Balaban J connectivity index is 2.57. The summed E-state index contributed by atoms with van der Waals surface area (Å²) in [5.41, 5.74) is 0.666. The summed E-state index contributed by atoms with van der Waals surface area (Å²) in [6.45, 7) is 4.67. The summed E-state index contributed by atoms with van der Waals surface area (Å²) in [5, 5.41) is 16.1. The van der Waals surface area contributed by atoms with Crippen molar-refractivity contribution in [2.75, 3.05) is 7.05 Å². The van der Waals surface area contributed by atoms with E-state index in [1.54, 1.807) is 13.2 Å². The summed E-state index contributed by atoms with van der Waals surface area (Å²) in [7, 11) is 1.80. The summed E-state index contributed by atoms with van der Waals surface area (Å²) in [6, 6.07) is 4.22. The Labute approximate surface area is 84.5 Å². The van der Waals surface area contributed by atoms with Crippen molar-refractivity contribution in [3.05, 3.63) is 18.0 Å². The molecule has 0 fully saturated rings. The predicted molar refractivity (Wildman–Crippen MR) is 54.7 cm³/mol. The van der Waals surface area contributed by atoms with Crippen LogP contribution in [0.25, 0.3) is 0 Å². The van der Waals surface area contributed by atoms with Gasteiger partial charge >= 0.3 is 0 Å². The highest BCUT2D eigenvalue weighted by atomic mass is 15.3. The van der Waals surface area contributed by atoms with E-state index < -0.39 is 5.54 Å². The second-order valence-corrected chi connectivity index (χ2v) is 3.64. The molecule has 0 radical (unpaired) electrons. The highest BCUT2D eigenvalue weighted by Gasteiger charge is 2.20. The van der Waals surface area contributed by atoms with Crippen LogP contribution in [0.4, 0.5) is 0 Å². The third-order valence-corrected chi connectivity index (χ3v) is 2.55. The molecule has 0 saturated carbocycles. The zero-order chi connectivity index (χ0) is 10.6. The van der Waals surface area contributed by atoms with Crippen LogP contribution in [-0.4, -0.2) is 22.4 Å². The molecule has 0 aliphatic heterocycles. The Morgan fingerprint density at radius 2 is 2.43 bits per heavy atom. The van der Waals surface area contributed by atoms with Crippen LogP contribution in [-0.2, 0) is 6.54 Å². The Morgan fingerprint density at radius 3 is 2.86 bits per heavy atom. The fraction of sp³-hybridized carbons (Fsp3) is 0.600. The molecule has 0 amide bonds. The first-order chi connectivity index (χ1) is 6.61. The van der Waals surface area contributed by atoms with Crippen molar-refractivity contribution in [2.24, 2.45) is 0 Å². The van der Waals surface area contributed by atoms with Crippen molar-refractivity contribution < 1.29 is 0 Å². The molecular formula is C10H16N4. The third kappa shape index (κ3) is 2.33. The standard InChI is InChI=1S/C10H16N4/c1-9-4-6-13-14(9)7-5-10(2,8-11)12-3/h4,6,12H,5,7H2,1-3H3. The van der Waals surface area contributed by atoms with Gasteiger partial charge in [-0.05, 0) is 33.4 Å². The molecule has 1 aromatic rings. The first-order valence-corrected chi connectivity index (χ1v) is 4.70. The number of nitrogens with one attached hydrogen (secondary N) is 1. The molecule has 0 saturated heterocycles. The molecule has 1 rings (SSSR count). The van der Waals surface area contributed by atoms with Gasteiger partial charge in [-0.1, -0.05) is 0 Å². The highest BCUT2D eigenvalue weighted by molar-refractivity contribution is 5.03. The van der Waals surface area contributed by atoms with E-state index in [1.807, 2.05) is 24.6 Å². The predicted octanol–water partition coefficient (Wildman–Crippen LogP) is 1.08. The number of aromatic nitrogens is 2. The maximum Gasteiger partial charge on any atom is 0.105 e. The zero-order valence-electron chi connectivity index (χ0n) is 8.91. The van der Waals surface area contributed by atoms with Crippen LogP contribution in [0, 0.1) is 18.3 Å². The average Bonchev–Trinajstić information content (AvgIpc) is 2.61. The van der Waals surface area contributed by atoms with Gasteiger partial charge in [0.15, 0.2) is 0 Å². The van der Waals surface area contributed by atoms with Crippen molar-refractivity contribution in [1.82, 2.24) is 15.1 Å². The molecule has 14 heavy (non-hydrogen) atoms. The van der Waals surface area contributed by atoms with Crippen molar-refractivity contribution in [2.45, 2.75) is 32.4 Å². The molecule has 0 aliphatic carbocycles. The Hall–Kier alpha value is -1.34. The topological polar surface area (TPSA) is 53.6 Å². The molecule has 0 bridgehead atoms. The fourth-order valence-electron chi connectivity index (χ4n) is 1.20. The van der Waals surface area contributed by atoms with Crippen LogP contribution in [0.1, 0.15) is 19.0 Å². The normalized spacial score (nSPS) is 14.7. The van der Waals surface area contributed by atoms with E-state index in [9.17, 15) is 0 Å². The summed E-state index contributed by atoms with van der Waals surface area (Å²) in [4.78, 5) is 0. The summed E-state index contributed by atoms with van der Waals surface area (Å²) in [5.74, 6) is 0. The van der Waals surface area contributed by atoms with Gasteiger partial charge in [0.1, 0.15) is 5.54 Å². The van der Waals surface area contributed by atoms with Crippen LogP contribution in [0.15, 0.2) is 12.3 Å². The summed E-state index contributed by atoms with van der Waals surface area (Å²) in [6.07, 6.45) is 2.53. The lowest BCUT2D eigenvalue weighted by molar-refractivity contribution is 0.405. The van der Waals surface area contributed by atoms with E-state index in [4.69, 9.17) is 5.26 Å². The lowest BCUT2D eigenvalue weighted by Gasteiger charge is -2.20. The third-order valence-electron chi connectivity index (χ3n) is 2.55. The van der Waals surface area contributed by atoms with Crippen molar-refractivity contribution >= 4 is 0 Å². The molecule has 0 aliphatic rings. The van der Waals surface area contributed by atoms with E-state index in [0.717, 1.165) is 18.7 Å². The number of nitrogens with zero attached hydrogens (tertiary/aromatic N) is 3. The lowest BCUT2D eigenvalue weighted by atomic mass is 10.0. The van der Waals surface area contributed by atoms with Gasteiger partial charge in [-0.2, -0.15) is 10.4 Å². The molecule has 0 spiro atoms. The molecule has 4 heteroatoms. The van der Waals surface area contributed by atoms with Crippen LogP contribution >= 0.6 is 0 Å². The van der Waals surface area contributed by atoms with E-state index in [-0.39, 0.29) is 0 Å². The first-order valence-electron chi connectivity index (χ1n) is 4.70. The van der Waals surface area contributed by atoms with Crippen LogP contribution in [0.2, 0.25) is 0 Å². The van der Waals surface area contributed by atoms with Gasteiger partial charge in [-0.25, -0.2) is 0 Å². The first kappa shape index (κ1) is 10.7. The van der Waals surface area contributed by atoms with Gasteiger partial charge in [-0.15, -0.1) is 0 Å². The van der Waals surface area contributed by atoms with Gasteiger partial charge in [0.05, 0.1) is 6.07 Å². The molecule has 1 N–H and O–H groups in total. The maximum absolute atomic E-state index is 8.94. The van der Waals surface area contributed by atoms with E-state index in [1.165, 1.54) is 0 Å². The fourth-order valence-corrected chi connectivity index (χ4v) is 1.20. The van der Waals surface area contributed by atoms with Crippen molar-refractivity contribution in [3.8, 4) is 6.07 Å². The second-order valence-electron chi connectivity index (χ2n) is 3.64. The Bertz CT molecular complexity index is 336. The van der Waals surface area contributed by atoms with Gasteiger partial charge in [0, 0.05) is 18.4 Å². The molecule has 1 atom stereocenters. The minimum absolute atomic E-state index is 0.460. The molecule has 1 unspecified atom stereocenters. The van der Waals surface area contributed by atoms with Gasteiger partial charge in [-0.3, -0.25) is 4.68 Å². The second kappa shape index (κ2) is 4.25. The zero-order valence-corrected chi connectivity index (χ0v) is 8.91. The van der Waals surface area contributed by atoms with Gasteiger partial charge in [0.25, 0.3) is 0 Å².